The van der Waals surface area contributed by atoms with Crippen LogP contribution in [-0.4, -0.2) is 46.4 Å². The summed E-state index contributed by atoms with van der Waals surface area (Å²) in [5, 5.41) is 15.0. The van der Waals surface area contributed by atoms with Crippen LogP contribution in [0.2, 0.25) is 0 Å². The first-order valence-electron chi connectivity index (χ1n) is 8.98. The Labute approximate surface area is 149 Å². The van der Waals surface area contributed by atoms with Crippen molar-refractivity contribution in [3.63, 3.8) is 0 Å². The van der Waals surface area contributed by atoms with Crippen molar-refractivity contribution in [3.8, 4) is 0 Å². The summed E-state index contributed by atoms with van der Waals surface area (Å²) in [5.74, 6) is 0.949. The highest BCUT2D eigenvalue weighted by molar-refractivity contribution is 5.40. The summed E-state index contributed by atoms with van der Waals surface area (Å²) in [4.78, 5) is 0. The molecular formula is C17H22F3N5O. The van der Waals surface area contributed by atoms with Crippen molar-refractivity contribution in [2.24, 2.45) is 5.92 Å². The first-order valence-corrected chi connectivity index (χ1v) is 8.98. The van der Waals surface area contributed by atoms with Crippen LogP contribution in [0.3, 0.4) is 0 Å². The molecular weight excluding hydrogens is 347 g/mol. The van der Waals surface area contributed by atoms with Gasteiger partial charge in [-0.2, -0.15) is 13.2 Å². The highest BCUT2D eigenvalue weighted by Crippen LogP contribution is 2.31. The Balaban J connectivity index is 1.47. The molecule has 2 N–H and O–H groups in total. The van der Waals surface area contributed by atoms with E-state index in [4.69, 9.17) is 4.74 Å². The summed E-state index contributed by atoms with van der Waals surface area (Å²) in [5.41, 5.74) is -0.284. The Kier molecular flexibility index (Phi) is 4.85. The van der Waals surface area contributed by atoms with Gasteiger partial charge in [0.2, 0.25) is 0 Å². The molecule has 1 aliphatic carbocycles. The zero-order valence-electron chi connectivity index (χ0n) is 14.3. The second-order valence-corrected chi connectivity index (χ2v) is 6.98. The molecule has 2 aromatic heterocycles. The van der Waals surface area contributed by atoms with Gasteiger partial charge in [-0.3, -0.25) is 4.40 Å². The molecule has 26 heavy (non-hydrogen) atoms. The lowest BCUT2D eigenvalue weighted by Gasteiger charge is -2.32. The maximum absolute atomic E-state index is 13.0. The summed E-state index contributed by atoms with van der Waals surface area (Å²) in [6.07, 6.45) is -0.00837. The maximum atomic E-state index is 13.0. The zero-order valence-corrected chi connectivity index (χ0v) is 14.3. The molecule has 1 aliphatic heterocycles. The third kappa shape index (κ3) is 3.56. The van der Waals surface area contributed by atoms with Gasteiger partial charge in [0.15, 0.2) is 11.5 Å². The predicted octanol–water partition coefficient (Wildman–Crippen LogP) is 1.99. The summed E-state index contributed by atoms with van der Waals surface area (Å²) < 4.78 is 45.9. The number of hydrogen-bond acceptors (Lipinski definition) is 5. The van der Waals surface area contributed by atoms with Crippen LogP contribution in [0.4, 0.5) is 13.2 Å². The van der Waals surface area contributed by atoms with Crippen LogP contribution in [0.25, 0.3) is 5.65 Å². The number of fused-ring (bicyclic) bond motifs is 1. The van der Waals surface area contributed by atoms with E-state index in [0.717, 1.165) is 44.7 Å². The lowest BCUT2D eigenvalue weighted by molar-refractivity contribution is -0.137. The van der Waals surface area contributed by atoms with Crippen LogP contribution in [0.1, 0.15) is 30.7 Å². The van der Waals surface area contributed by atoms with Gasteiger partial charge in [0.1, 0.15) is 0 Å². The quantitative estimate of drug-likeness (QED) is 0.863. The number of pyridine rings is 1. The van der Waals surface area contributed by atoms with Crippen LogP contribution in [0, 0.1) is 5.92 Å². The minimum absolute atomic E-state index is 0.298. The number of hydrogen-bond donors (Lipinski definition) is 2. The van der Waals surface area contributed by atoms with E-state index in [1.807, 2.05) is 0 Å². The van der Waals surface area contributed by atoms with E-state index in [1.54, 1.807) is 0 Å². The summed E-state index contributed by atoms with van der Waals surface area (Å²) >= 11 is 0. The van der Waals surface area contributed by atoms with E-state index < -0.39 is 11.7 Å². The number of nitrogens with zero attached hydrogens (tertiary/aromatic N) is 3. The fourth-order valence-electron chi connectivity index (χ4n) is 4.03. The van der Waals surface area contributed by atoms with Crippen molar-refractivity contribution in [1.29, 1.82) is 0 Å². The normalized spacial score (nSPS) is 27.3. The molecule has 2 fully saturated rings. The van der Waals surface area contributed by atoms with Crippen LogP contribution in [-0.2, 0) is 17.5 Å². The van der Waals surface area contributed by atoms with Gasteiger partial charge in [-0.05, 0) is 30.9 Å². The molecule has 0 aromatic carbocycles. The average molecular weight is 369 g/mol. The molecule has 2 aliphatic rings. The van der Waals surface area contributed by atoms with Crippen LogP contribution in [0.15, 0.2) is 18.3 Å². The van der Waals surface area contributed by atoms with Gasteiger partial charge < -0.3 is 15.4 Å². The fraction of sp³-hybridized carbons (Fsp3) is 0.647. The predicted molar refractivity (Wildman–Crippen MR) is 88.6 cm³/mol. The Morgan fingerprint density at radius 1 is 1.27 bits per heavy atom. The van der Waals surface area contributed by atoms with Crippen LogP contribution >= 0.6 is 0 Å². The Morgan fingerprint density at radius 3 is 2.92 bits per heavy atom. The molecule has 3 heterocycles. The van der Waals surface area contributed by atoms with Gasteiger partial charge in [0.05, 0.1) is 25.3 Å². The summed E-state index contributed by atoms with van der Waals surface area (Å²) in [6.45, 7) is 2.71. The molecule has 0 radical (unpaired) electrons. The Hall–Kier alpha value is -1.71. The van der Waals surface area contributed by atoms with Crippen LogP contribution in [0.5, 0.6) is 0 Å². The van der Waals surface area contributed by atoms with Gasteiger partial charge in [-0.25, -0.2) is 0 Å². The van der Waals surface area contributed by atoms with E-state index in [2.05, 4.69) is 20.8 Å². The molecule has 4 rings (SSSR count). The van der Waals surface area contributed by atoms with E-state index in [-0.39, 0.29) is 0 Å². The second-order valence-electron chi connectivity index (χ2n) is 6.98. The van der Waals surface area contributed by atoms with Crippen molar-refractivity contribution >= 4 is 5.65 Å². The number of halogens is 3. The van der Waals surface area contributed by atoms with Crippen molar-refractivity contribution in [3.05, 3.63) is 29.7 Å². The number of rotatable bonds is 4. The third-order valence-corrected chi connectivity index (χ3v) is 5.36. The first-order chi connectivity index (χ1) is 12.5. The standard InChI is InChI=1S/C17H22F3N5O/c18-17(19,20)11-4-5-15-23-24-16(25(15)9-11)8-22-13-3-1-2-12(13)14-10-26-7-6-21-14/h4-5,9,12-14,21-22H,1-3,6-8,10H2. The summed E-state index contributed by atoms with van der Waals surface area (Å²) in [6, 6.07) is 3.01. The highest BCUT2D eigenvalue weighted by Gasteiger charge is 2.35. The molecule has 2 aromatic rings. The third-order valence-electron chi connectivity index (χ3n) is 5.36. The average Bonchev–Trinajstić information content (AvgIpc) is 3.26. The molecule has 3 atom stereocenters. The van der Waals surface area contributed by atoms with Gasteiger partial charge in [0.25, 0.3) is 0 Å². The van der Waals surface area contributed by atoms with Crippen molar-refractivity contribution in [1.82, 2.24) is 25.2 Å². The Bertz CT molecular complexity index is 756. The second kappa shape index (κ2) is 7.13. The number of nitrogens with one attached hydrogen (secondary N) is 2. The molecule has 0 amide bonds. The minimum atomic E-state index is -4.38. The highest BCUT2D eigenvalue weighted by atomic mass is 19.4. The summed E-state index contributed by atoms with van der Waals surface area (Å²) in [7, 11) is 0. The van der Waals surface area contributed by atoms with E-state index in [1.165, 1.54) is 10.5 Å². The van der Waals surface area contributed by atoms with Crippen LogP contribution < -0.4 is 10.6 Å². The maximum Gasteiger partial charge on any atom is 0.417 e. The topological polar surface area (TPSA) is 63.5 Å². The number of morpholine rings is 1. The largest absolute Gasteiger partial charge is 0.417 e. The van der Waals surface area contributed by atoms with Gasteiger partial charge >= 0.3 is 6.18 Å². The van der Waals surface area contributed by atoms with E-state index >= 15 is 0 Å². The minimum Gasteiger partial charge on any atom is -0.379 e. The van der Waals surface area contributed by atoms with Crippen molar-refractivity contribution in [2.45, 2.75) is 44.1 Å². The smallest absolute Gasteiger partial charge is 0.379 e. The molecule has 1 saturated heterocycles. The number of alkyl halides is 3. The number of ether oxygens (including phenoxy) is 1. The van der Waals surface area contributed by atoms with E-state index in [0.29, 0.717) is 42.6 Å². The molecule has 1 saturated carbocycles. The monoisotopic (exact) mass is 369 g/mol. The van der Waals surface area contributed by atoms with Gasteiger partial charge in [-0.15, -0.1) is 10.2 Å². The van der Waals surface area contributed by atoms with Gasteiger partial charge in [0, 0.05) is 24.8 Å². The lowest BCUT2D eigenvalue weighted by Crippen LogP contribution is -2.50. The molecule has 6 nitrogen and oxygen atoms in total. The SMILES string of the molecule is FC(F)(F)c1ccc2nnc(CNC3CCCC3C3COCCN3)n2c1. The van der Waals surface area contributed by atoms with E-state index in [9.17, 15) is 13.2 Å². The molecule has 9 heteroatoms. The first kappa shape index (κ1) is 17.7. The molecule has 3 unspecified atom stereocenters. The Morgan fingerprint density at radius 2 is 2.15 bits per heavy atom. The zero-order chi connectivity index (χ0) is 18.1. The van der Waals surface area contributed by atoms with Crippen molar-refractivity contribution < 1.29 is 17.9 Å². The van der Waals surface area contributed by atoms with Crippen molar-refractivity contribution in [2.75, 3.05) is 19.8 Å². The fourth-order valence-corrected chi connectivity index (χ4v) is 4.03. The molecule has 0 bridgehead atoms. The number of aromatic nitrogens is 3. The molecule has 142 valence electrons. The van der Waals surface area contributed by atoms with Gasteiger partial charge in [-0.1, -0.05) is 6.42 Å². The molecule has 0 spiro atoms. The lowest BCUT2D eigenvalue weighted by atomic mass is 9.94.